The van der Waals surface area contributed by atoms with Crippen molar-refractivity contribution in [3.05, 3.63) is 108 Å². The van der Waals surface area contributed by atoms with Gasteiger partial charge in [0.1, 0.15) is 11.0 Å². The summed E-state index contributed by atoms with van der Waals surface area (Å²) in [4.78, 5) is 12.5. The largest absolute Gasteiger partial charge is 0.340 e. The summed E-state index contributed by atoms with van der Waals surface area (Å²) in [6.07, 6.45) is 15.9. The zero-order chi connectivity index (χ0) is 43.3. The number of rotatable bonds is 21. The average molecular weight is 972 g/mol. The highest BCUT2D eigenvalue weighted by molar-refractivity contribution is 9.09. The fourth-order valence-electron chi connectivity index (χ4n) is 9.23. The number of thiophene rings is 4. The molecule has 0 aliphatic rings. The van der Waals surface area contributed by atoms with Crippen LogP contribution in [0.5, 0.6) is 0 Å². The molecular weight excluding hydrogens is 913 g/mol. The van der Waals surface area contributed by atoms with Crippen molar-refractivity contribution >= 4 is 94.1 Å². The van der Waals surface area contributed by atoms with Crippen molar-refractivity contribution in [3.8, 4) is 50.8 Å². The van der Waals surface area contributed by atoms with Crippen molar-refractivity contribution in [2.45, 2.75) is 118 Å². The monoisotopic (exact) mass is 970 g/mol. The Labute approximate surface area is 398 Å². The molecule has 4 nitrogen and oxygen atoms in total. The normalized spacial score (nSPS) is 12.5. The van der Waals surface area contributed by atoms with Crippen LogP contribution in [0.4, 0.5) is 0 Å². The van der Waals surface area contributed by atoms with E-state index in [1.54, 1.807) is 0 Å². The van der Waals surface area contributed by atoms with Crippen molar-refractivity contribution in [1.29, 1.82) is 0 Å². The third kappa shape index (κ3) is 9.89. The number of halogens is 1. The molecule has 9 rings (SSSR count). The molecule has 0 saturated heterocycles. The number of alkyl halides is 1. The van der Waals surface area contributed by atoms with Gasteiger partial charge in [-0.25, -0.2) is 0 Å². The number of fused-ring (bicyclic) bond motifs is 4. The van der Waals surface area contributed by atoms with E-state index in [0.717, 1.165) is 29.5 Å². The Morgan fingerprint density at radius 1 is 0.524 bits per heavy atom. The smallest absolute Gasteiger partial charge is 0.122 e. The highest BCUT2D eigenvalue weighted by atomic mass is 79.9. The van der Waals surface area contributed by atoms with Crippen LogP contribution >= 0.6 is 61.3 Å². The van der Waals surface area contributed by atoms with E-state index in [9.17, 15) is 0 Å². The van der Waals surface area contributed by atoms with Gasteiger partial charge in [-0.2, -0.15) is 15.0 Å². The van der Waals surface area contributed by atoms with E-state index in [4.69, 9.17) is 10.2 Å². The van der Waals surface area contributed by atoms with Crippen LogP contribution in [0.25, 0.3) is 83.7 Å². The third-order valence-corrected chi connectivity index (χ3v) is 17.8. The minimum Gasteiger partial charge on any atom is -0.340 e. The molecule has 1 atom stereocenters. The topological polar surface area (TPSA) is 35.6 Å². The number of hydrogen-bond donors (Lipinski definition) is 0. The van der Waals surface area contributed by atoms with Crippen LogP contribution in [0, 0.1) is 19.8 Å². The number of aromatic nitrogens is 4. The molecule has 0 bridgehead atoms. The van der Waals surface area contributed by atoms with Gasteiger partial charge in [0.25, 0.3) is 0 Å². The van der Waals surface area contributed by atoms with Crippen molar-refractivity contribution in [2.75, 3.05) is 5.33 Å². The molecule has 0 aliphatic carbocycles. The molecule has 6 aromatic heterocycles. The number of unbranched alkanes of at least 4 members (excludes halogenated alkanes) is 8. The molecular formula is C54H59BrN4S4. The maximum atomic E-state index is 5.23. The summed E-state index contributed by atoms with van der Waals surface area (Å²) < 4.78 is 2.51. The lowest BCUT2D eigenvalue weighted by molar-refractivity contribution is 0.327. The molecule has 3 aromatic carbocycles. The summed E-state index contributed by atoms with van der Waals surface area (Å²) in [6, 6.07) is 36.8. The minimum atomic E-state index is 0.632. The van der Waals surface area contributed by atoms with Gasteiger partial charge in [-0.3, -0.25) is 0 Å². The van der Waals surface area contributed by atoms with Gasteiger partial charge in [0, 0.05) is 78.3 Å². The van der Waals surface area contributed by atoms with Gasteiger partial charge in [-0.05, 0) is 110 Å². The fourth-order valence-corrected chi connectivity index (χ4v) is 13.7. The third-order valence-electron chi connectivity index (χ3n) is 12.7. The first-order valence-electron chi connectivity index (χ1n) is 23.2. The first-order valence-corrected chi connectivity index (χ1v) is 27.6. The van der Waals surface area contributed by atoms with Gasteiger partial charge in [-0.1, -0.05) is 130 Å². The summed E-state index contributed by atoms with van der Waals surface area (Å²) in [5.74, 6) is 0.632. The van der Waals surface area contributed by atoms with E-state index in [-0.39, 0.29) is 0 Å². The lowest BCUT2D eigenvalue weighted by atomic mass is 9.94. The first kappa shape index (κ1) is 44.3. The van der Waals surface area contributed by atoms with Crippen molar-refractivity contribution in [3.63, 3.8) is 0 Å². The van der Waals surface area contributed by atoms with Gasteiger partial charge < -0.3 is 4.57 Å². The number of hydrogen-bond acceptors (Lipinski definition) is 6. The molecule has 0 fully saturated rings. The lowest BCUT2D eigenvalue weighted by Gasteiger charge is -2.16. The Hall–Kier alpha value is -3.86. The van der Waals surface area contributed by atoms with Crippen LogP contribution in [-0.4, -0.2) is 24.9 Å². The molecule has 1 unspecified atom stereocenters. The molecule has 326 valence electrons. The predicted molar refractivity (Wildman–Crippen MR) is 283 cm³/mol. The molecule has 6 heterocycles. The maximum Gasteiger partial charge on any atom is 0.122 e. The zero-order valence-corrected chi connectivity index (χ0v) is 42.1. The van der Waals surface area contributed by atoms with E-state index in [1.165, 1.54) is 160 Å². The zero-order valence-electron chi connectivity index (χ0n) is 37.2. The molecule has 9 heteroatoms. The lowest BCUT2D eigenvalue weighted by Crippen LogP contribution is -2.13. The molecule has 0 saturated carbocycles. The van der Waals surface area contributed by atoms with Gasteiger partial charge >= 0.3 is 0 Å². The molecule has 0 amide bonds. The van der Waals surface area contributed by atoms with Crippen LogP contribution < -0.4 is 0 Å². The highest BCUT2D eigenvalue weighted by Crippen LogP contribution is 2.44. The second-order valence-electron chi connectivity index (χ2n) is 17.4. The van der Waals surface area contributed by atoms with E-state index >= 15 is 0 Å². The molecule has 0 spiro atoms. The van der Waals surface area contributed by atoms with Crippen LogP contribution in [0.2, 0.25) is 0 Å². The molecule has 0 radical (unpaired) electrons. The number of benzene rings is 3. The quantitative estimate of drug-likeness (QED) is 0.0531. The molecule has 9 aromatic rings. The van der Waals surface area contributed by atoms with Crippen molar-refractivity contribution in [1.82, 2.24) is 19.6 Å². The summed E-state index contributed by atoms with van der Waals surface area (Å²) in [5, 5.41) is 13.9. The molecule has 0 aliphatic heterocycles. The van der Waals surface area contributed by atoms with Crippen molar-refractivity contribution < 1.29 is 0 Å². The molecule has 0 N–H and O–H groups in total. The van der Waals surface area contributed by atoms with Gasteiger partial charge in [0.15, 0.2) is 0 Å². The fraction of sp³-hybridized carbons (Fsp3) is 0.370. The Morgan fingerprint density at radius 3 is 1.62 bits per heavy atom. The predicted octanol–water partition coefficient (Wildman–Crippen LogP) is 18.5. The minimum absolute atomic E-state index is 0.632. The SMILES string of the molecule is CCCCCCCCC(CCCCCC)Cn1nc2c(C)ccc(-c3ccc(-c4ccc(-c5ccc6c7ccc(-c8ccc(-c9ccc(C)s9)s8)cc7n(CCBr)c6c5)s4)s3)c2n1. The Bertz CT molecular complexity index is 2930. The van der Waals surface area contributed by atoms with E-state index < -0.39 is 0 Å². The first-order chi connectivity index (χ1) is 30.9. The van der Waals surface area contributed by atoms with E-state index in [2.05, 4.69) is 145 Å². The second-order valence-corrected chi connectivity index (χ2v) is 22.7. The van der Waals surface area contributed by atoms with Gasteiger partial charge in [0.2, 0.25) is 0 Å². The van der Waals surface area contributed by atoms with Gasteiger partial charge in [-0.15, -0.1) is 45.3 Å². The average Bonchev–Trinajstić information content (AvgIpc) is 4.16. The van der Waals surface area contributed by atoms with E-state index in [0.29, 0.717) is 5.92 Å². The maximum absolute atomic E-state index is 5.23. The van der Waals surface area contributed by atoms with Crippen molar-refractivity contribution in [2.24, 2.45) is 5.92 Å². The Balaban J connectivity index is 0.948. The molecule has 63 heavy (non-hydrogen) atoms. The Kier molecular flexibility index (Phi) is 14.5. The highest BCUT2D eigenvalue weighted by Gasteiger charge is 2.19. The van der Waals surface area contributed by atoms with Crippen LogP contribution in [0.3, 0.4) is 0 Å². The summed E-state index contributed by atoms with van der Waals surface area (Å²) in [5.41, 5.74) is 9.58. The van der Waals surface area contributed by atoms with Gasteiger partial charge in [0.05, 0.1) is 6.54 Å². The summed E-state index contributed by atoms with van der Waals surface area (Å²) >= 11 is 11.3. The number of nitrogens with zero attached hydrogens (tertiary/aromatic N) is 4. The van der Waals surface area contributed by atoms with E-state index in [1.807, 2.05) is 50.1 Å². The Morgan fingerprint density at radius 2 is 1.03 bits per heavy atom. The number of aryl methyl sites for hydroxylation is 3. The summed E-state index contributed by atoms with van der Waals surface area (Å²) in [7, 11) is 0. The standard InChI is InChI=1S/C54H59BrN4S4/c1-5-7-9-11-12-14-16-38(15-13-10-8-6-2)35-59-56-53-36(3)17-21-43(54(53)57-59)48-27-30-52(63-48)51-29-26-47(62-51)40-20-23-42-41-22-19-39(33-44(41)58(32-31-55)45(42)34-40)46-25-28-50(61-46)49-24-18-37(4)60-49/h17-30,33-34,38H,5-16,31-32,35H2,1-4H3. The van der Waals surface area contributed by atoms with Crippen LogP contribution in [-0.2, 0) is 13.1 Å². The van der Waals surface area contributed by atoms with Crippen LogP contribution in [0.1, 0.15) is 101 Å². The second kappa shape index (κ2) is 20.5. The summed E-state index contributed by atoms with van der Waals surface area (Å²) in [6.45, 7) is 10.8. The van der Waals surface area contributed by atoms with Crippen LogP contribution in [0.15, 0.2) is 97.1 Å².